The van der Waals surface area contributed by atoms with Gasteiger partial charge in [0.15, 0.2) is 11.5 Å². The van der Waals surface area contributed by atoms with Crippen molar-refractivity contribution in [2.24, 2.45) is 0 Å². The highest BCUT2D eigenvalue weighted by Gasteiger charge is 2.19. The lowest BCUT2D eigenvalue weighted by molar-refractivity contribution is 0.297. The van der Waals surface area contributed by atoms with Crippen molar-refractivity contribution in [2.75, 3.05) is 20.3 Å². The first-order valence-electron chi connectivity index (χ1n) is 6.70. The van der Waals surface area contributed by atoms with E-state index in [-0.39, 0.29) is 6.04 Å². The summed E-state index contributed by atoms with van der Waals surface area (Å²) in [7, 11) is 1.97. The van der Waals surface area contributed by atoms with Crippen molar-refractivity contribution < 1.29 is 9.47 Å². The van der Waals surface area contributed by atoms with Crippen molar-refractivity contribution in [2.45, 2.75) is 12.5 Å². The van der Waals surface area contributed by atoms with Crippen LogP contribution in [-0.4, -0.2) is 20.3 Å². The van der Waals surface area contributed by atoms with Crippen LogP contribution in [0, 0.1) is 0 Å². The summed E-state index contributed by atoms with van der Waals surface area (Å²) in [5.41, 5.74) is 1.17. The first-order valence-corrected chi connectivity index (χ1v) is 9.11. The summed E-state index contributed by atoms with van der Waals surface area (Å²) < 4.78 is 13.7. The molecule has 1 unspecified atom stereocenters. The quantitative estimate of drug-likeness (QED) is 0.759. The lowest BCUT2D eigenvalue weighted by Crippen LogP contribution is -2.16. The predicted molar refractivity (Wildman–Crippen MR) is 92.7 cm³/mol. The number of ether oxygens (including phenoxy) is 2. The van der Waals surface area contributed by atoms with Crippen LogP contribution in [0.25, 0.3) is 0 Å². The maximum atomic E-state index is 5.78. The van der Waals surface area contributed by atoms with E-state index >= 15 is 0 Å². The van der Waals surface area contributed by atoms with E-state index in [2.05, 4.69) is 55.4 Å². The number of nitrogens with one attached hydrogen (secondary N) is 1. The third-order valence-electron chi connectivity index (χ3n) is 3.34. The van der Waals surface area contributed by atoms with E-state index in [0.717, 1.165) is 26.2 Å². The molecule has 1 N–H and O–H groups in total. The van der Waals surface area contributed by atoms with Crippen LogP contribution < -0.4 is 14.8 Å². The zero-order chi connectivity index (χ0) is 14.8. The summed E-state index contributed by atoms with van der Waals surface area (Å²) >= 11 is 8.82. The topological polar surface area (TPSA) is 30.5 Å². The van der Waals surface area contributed by atoms with E-state index in [1.807, 2.05) is 13.1 Å². The van der Waals surface area contributed by atoms with Crippen LogP contribution in [0.5, 0.6) is 11.5 Å². The Kier molecular flexibility index (Phi) is 4.88. The highest BCUT2D eigenvalue weighted by molar-refractivity contribution is 9.13. The molecule has 0 saturated heterocycles. The second-order valence-electron chi connectivity index (χ2n) is 4.75. The summed E-state index contributed by atoms with van der Waals surface area (Å²) in [5, 5.41) is 3.37. The Bertz CT molecular complexity index is 625. The molecule has 0 bridgehead atoms. The molecule has 1 aliphatic rings. The van der Waals surface area contributed by atoms with Crippen molar-refractivity contribution in [3.8, 4) is 11.5 Å². The molecular formula is C15H15Br2NO2S. The number of hydrogen-bond acceptors (Lipinski definition) is 4. The predicted octanol–water partition coefficient (Wildman–Crippen LogP) is 4.74. The van der Waals surface area contributed by atoms with Crippen molar-refractivity contribution in [3.05, 3.63) is 43.0 Å². The van der Waals surface area contributed by atoms with Crippen LogP contribution in [0.3, 0.4) is 0 Å². The molecule has 112 valence electrons. The van der Waals surface area contributed by atoms with Gasteiger partial charge in [-0.2, -0.15) is 0 Å². The van der Waals surface area contributed by atoms with Gasteiger partial charge in [-0.3, -0.25) is 0 Å². The Morgan fingerprint density at radius 3 is 2.57 bits per heavy atom. The minimum Gasteiger partial charge on any atom is -0.490 e. The molecule has 2 aromatic rings. The summed E-state index contributed by atoms with van der Waals surface area (Å²) in [6, 6.07) is 8.44. The minimum atomic E-state index is 0.134. The SMILES string of the molecule is CNC(c1ccc2c(c1)OCCCO2)c1cc(Br)c(Br)s1. The van der Waals surface area contributed by atoms with Gasteiger partial charge in [-0.15, -0.1) is 11.3 Å². The fourth-order valence-electron chi connectivity index (χ4n) is 2.34. The van der Waals surface area contributed by atoms with Gasteiger partial charge in [0.05, 0.1) is 23.0 Å². The molecule has 0 saturated carbocycles. The second-order valence-corrected chi connectivity index (χ2v) is 8.00. The number of hydrogen-bond donors (Lipinski definition) is 1. The number of halogens is 2. The average molecular weight is 433 g/mol. The van der Waals surface area contributed by atoms with Gasteiger partial charge in [0.1, 0.15) is 0 Å². The zero-order valence-electron chi connectivity index (χ0n) is 11.5. The monoisotopic (exact) mass is 431 g/mol. The van der Waals surface area contributed by atoms with Gasteiger partial charge in [0.2, 0.25) is 0 Å². The molecule has 21 heavy (non-hydrogen) atoms. The van der Waals surface area contributed by atoms with Gasteiger partial charge in [-0.1, -0.05) is 6.07 Å². The smallest absolute Gasteiger partial charge is 0.161 e. The van der Waals surface area contributed by atoms with E-state index in [1.165, 1.54) is 10.4 Å². The molecule has 0 spiro atoms. The molecule has 1 aromatic carbocycles. The normalized spacial score (nSPS) is 15.6. The molecule has 6 heteroatoms. The molecule has 0 amide bonds. The highest BCUT2D eigenvalue weighted by Crippen LogP contribution is 2.39. The average Bonchev–Trinajstić information content (AvgIpc) is 2.69. The number of thiophene rings is 1. The van der Waals surface area contributed by atoms with E-state index in [4.69, 9.17) is 9.47 Å². The van der Waals surface area contributed by atoms with Crippen LogP contribution in [0.1, 0.15) is 22.9 Å². The highest BCUT2D eigenvalue weighted by atomic mass is 79.9. The zero-order valence-corrected chi connectivity index (χ0v) is 15.5. The minimum absolute atomic E-state index is 0.134. The molecule has 0 radical (unpaired) electrons. The van der Waals surface area contributed by atoms with Gasteiger partial charge in [0, 0.05) is 15.8 Å². The standard InChI is InChI=1S/C15H15Br2NO2S/c1-18-14(13-8-10(16)15(17)21-13)9-3-4-11-12(7-9)20-6-2-5-19-11/h3-4,7-8,14,18H,2,5-6H2,1H3. The number of fused-ring (bicyclic) bond motifs is 1. The maximum absolute atomic E-state index is 5.78. The molecule has 3 rings (SSSR count). The Morgan fingerprint density at radius 2 is 1.90 bits per heavy atom. The lowest BCUT2D eigenvalue weighted by Gasteiger charge is -2.17. The fourth-order valence-corrected chi connectivity index (χ4v) is 4.57. The molecule has 1 atom stereocenters. The molecule has 2 heterocycles. The van der Waals surface area contributed by atoms with Crippen molar-refractivity contribution >= 4 is 43.2 Å². The van der Waals surface area contributed by atoms with Crippen LogP contribution >= 0.6 is 43.2 Å². The second kappa shape index (κ2) is 6.69. The number of rotatable bonds is 3. The first kappa shape index (κ1) is 15.3. The van der Waals surface area contributed by atoms with Gasteiger partial charge >= 0.3 is 0 Å². The van der Waals surface area contributed by atoms with Gasteiger partial charge in [-0.25, -0.2) is 0 Å². The summed E-state index contributed by atoms with van der Waals surface area (Å²) in [4.78, 5) is 1.24. The van der Waals surface area contributed by atoms with Crippen molar-refractivity contribution in [3.63, 3.8) is 0 Å². The van der Waals surface area contributed by atoms with Gasteiger partial charge in [0.25, 0.3) is 0 Å². The molecule has 1 aliphatic heterocycles. The molecule has 3 nitrogen and oxygen atoms in total. The summed E-state index contributed by atoms with van der Waals surface area (Å²) in [6.45, 7) is 1.42. The van der Waals surface area contributed by atoms with Gasteiger partial charge in [-0.05, 0) is 62.7 Å². The third-order valence-corrected chi connectivity index (χ3v) is 6.66. The van der Waals surface area contributed by atoms with Gasteiger partial charge < -0.3 is 14.8 Å². The number of benzene rings is 1. The van der Waals surface area contributed by atoms with Crippen molar-refractivity contribution in [1.82, 2.24) is 5.32 Å². The maximum Gasteiger partial charge on any atom is 0.161 e. The Morgan fingerprint density at radius 1 is 1.14 bits per heavy atom. The third kappa shape index (κ3) is 3.28. The van der Waals surface area contributed by atoms with Crippen molar-refractivity contribution in [1.29, 1.82) is 0 Å². The molecule has 0 fully saturated rings. The van der Waals surface area contributed by atoms with E-state index in [9.17, 15) is 0 Å². The van der Waals surface area contributed by atoms with Crippen LogP contribution in [-0.2, 0) is 0 Å². The van der Waals surface area contributed by atoms with Crippen LogP contribution in [0.15, 0.2) is 32.5 Å². The van der Waals surface area contributed by atoms with E-state index in [0.29, 0.717) is 13.2 Å². The molecular weight excluding hydrogens is 418 g/mol. The largest absolute Gasteiger partial charge is 0.490 e. The molecule has 0 aliphatic carbocycles. The summed E-state index contributed by atoms with van der Waals surface area (Å²) in [6.07, 6.45) is 0.921. The fraction of sp³-hybridized carbons (Fsp3) is 0.333. The lowest BCUT2D eigenvalue weighted by atomic mass is 10.0. The van der Waals surface area contributed by atoms with Crippen LogP contribution in [0.4, 0.5) is 0 Å². The van der Waals surface area contributed by atoms with E-state index < -0.39 is 0 Å². The molecule has 1 aromatic heterocycles. The Balaban J connectivity index is 1.95. The van der Waals surface area contributed by atoms with E-state index in [1.54, 1.807) is 11.3 Å². The first-order chi connectivity index (χ1) is 10.2. The summed E-state index contributed by atoms with van der Waals surface area (Å²) in [5.74, 6) is 1.67. The Labute approximate surface area is 144 Å². The van der Waals surface area contributed by atoms with Crippen LogP contribution in [0.2, 0.25) is 0 Å². The Hall–Kier alpha value is -0.560.